The molecule has 66 heavy (non-hydrogen) atoms. The largest absolute Gasteiger partial charge is 0.164 e. The molecule has 0 nitrogen and oxygen atoms in total. The van der Waals surface area contributed by atoms with E-state index in [1.807, 2.05) is 0 Å². The number of fused-ring (bicyclic) bond motifs is 6. The molecule has 6 aromatic carbocycles. The molecule has 6 saturated carbocycles. The molecule has 4 heteroatoms. The van der Waals surface area contributed by atoms with Crippen LogP contribution >= 0.6 is 17.0 Å². The van der Waals surface area contributed by atoms with E-state index in [0.717, 1.165) is 33.2 Å². The van der Waals surface area contributed by atoms with Crippen LogP contribution in [-0.2, 0) is 33.7 Å². The summed E-state index contributed by atoms with van der Waals surface area (Å²) in [5, 5.41) is 5.77. The van der Waals surface area contributed by atoms with Crippen molar-refractivity contribution in [3.05, 3.63) is 131 Å². The standard InChI is InChI=1S/2C29H33.C4H10Si.2ClH.Zr/c2*1-2-5-23(6-3-1)24-9-11-25(12-10-24)27-8-4-7-26-17-22(18-28(26)27)20-29-15-13-21(19-29)14-16-29;1-3-4-5-2;;;/h2*4,7-12,17-18,21,23H,1-3,5-6,13-16,19-20H2;3-4H2,1-2H3;2*1H;/q2*-1;;;;+4/p-2. The van der Waals surface area contributed by atoms with Gasteiger partial charge in [0, 0.05) is 9.52 Å². The van der Waals surface area contributed by atoms with Crippen molar-refractivity contribution in [3.8, 4) is 22.3 Å². The van der Waals surface area contributed by atoms with Crippen LogP contribution in [0.4, 0.5) is 0 Å². The molecule has 0 saturated heterocycles. The molecule has 0 unspecified atom stereocenters. The van der Waals surface area contributed by atoms with Crippen molar-refractivity contribution in [1.82, 2.24) is 0 Å². The third-order valence-electron chi connectivity index (χ3n) is 17.7. The average Bonchev–Trinajstić information content (AvgIpc) is 4.25. The Balaban J connectivity index is 0.000000143. The Hall–Kier alpha value is -2.22. The molecule has 6 aromatic rings. The number of halogens is 2. The fourth-order valence-corrected chi connectivity index (χ4v) is 14.8. The Morgan fingerprint density at radius 1 is 0.545 bits per heavy atom. The fraction of sp³-hybridized carbons (Fsp3) is 0.516. The molecular weight excluding hydrogens is 935 g/mol. The molecular formula is C62H76Cl2SiZr. The van der Waals surface area contributed by atoms with Gasteiger partial charge in [-0.15, -0.1) is 69.1 Å². The molecule has 4 bridgehead atoms. The molecule has 2 radical (unpaired) electrons. The van der Waals surface area contributed by atoms with Crippen LogP contribution < -0.4 is 0 Å². The molecule has 12 rings (SSSR count). The summed E-state index contributed by atoms with van der Waals surface area (Å²) in [6.45, 7) is 4.46. The van der Waals surface area contributed by atoms with Crippen LogP contribution in [0.15, 0.2) is 109 Å². The summed E-state index contributed by atoms with van der Waals surface area (Å²) in [5.41, 5.74) is 13.1. The van der Waals surface area contributed by atoms with E-state index in [9.17, 15) is 0 Å². The SMILES string of the molecule is CCC[Si]C.[Cl][Zr+2][Cl].c1cc(-c2ccc(C3CCCCC3)cc2)c2cc(CC34CCC(CC3)C4)[cH-]c2c1.c1cc(-c2ccc(C3CCCCC3)cc2)c2cc(CC34CCC(CC3)C4)[cH-]c2c1. The van der Waals surface area contributed by atoms with Crippen molar-refractivity contribution in [2.45, 2.75) is 179 Å². The summed E-state index contributed by atoms with van der Waals surface area (Å²) in [5.74, 6) is 3.66. The minimum absolute atomic E-state index is 0.636. The van der Waals surface area contributed by atoms with Crippen LogP contribution in [-0.4, -0.2) is 9.52 Å². The van der Waals surface area contributed by atoms with E-state index in [4.69, 9.17) is 17.0 Å². The van der Waals surface area contributed by atoms with Crippen molar-refractivity contribution < 1.29 is 20.8 Å². The van der Waals surface area contributed by atoms with Crippen molar-refractivity contribution in [3.63, 3.8) is 0 Å². The maximum Gasteiger partial charge on any atom is -0.0162 e. The first-order valence-corrected chi connectivity index (χ1v) is 34.6. The molecule has 346 valence electrons. The Bertz CT molecular complexity index is 2240. The van der Waals surface area contributed by atoms with E-state index >= 15 is 0 Å². The van der Waals surface area contributed by atoms with Crippen LogP contribution in [0.5, 0.6) is 0 Å². The third-order valence-corrected chi connectivity index (χ3v) is 18.7. The van der Waals surface area contributed by atoms with Gasteiger partial charge in [0.15, 0.2) is 0 Å². The molecule has 0 aromatic heterocycles. The molecule has 6 aliphatic carbocycles. The number of hydrogen-bond donors (Lipinski definition) is 0. The molecule has 0 amide bonds. The molecule has 6 aliphatic rings. The quantitative estimate of drug-likeness (QED) is 0.0948. The Kier molecular flexibility index (Phi) is 17.1. The zero-order chi connectivity index (χ0) is 45.4. The minimum Gasteiger partial charge on any atom is -0.164 e. The van der Waals surface area contributed by atoms with Crippen LogP contribution in [0.25, 0.3) is 43.8 Å². The van der Waals surface area contributed by atoms with E-state index in [2.05, 4.69) is 123 Å². The minimum atomic E-state index is -0.826. The van der Waals surface area contributed by atoms with Crippen molar-refractivity contribution in [2.24, 2.45) is 22.7 Å². The van der Waals surface area contributed by atoms with Crippen LogP contribution in [0.3, 0.4) is 0 Å². The predicted molar refractivity (Wildman–Crippen MR) is 285 cm³/mol. The second-order valence-electron chi connectivity index (χ2n) is 22.1. The van der Waals surface area contributed by atoms with Crippen molar-refractivity contribution in [2.75, 3.05) is 0 Å². The monoisotopic (exact) mass is 1010 g/mol. The average molecular weight is 1010 g/mol. The molecule has 0 spiro atoms. The fourth-order valence-electron chi connectivity index (χ4n) is 14.3. The Morgan fingerprint density at radius 2 is 0.939 bits per heavy atom. The van der Waals surface area contributed by atoms with Gasteiger partial charge in [-0.3, -0.25) is 0 Å². The van der Waals surface area contributed by atoms with Crippen molar-refractivity contribution in [1.29, 1.82) is 0 Å². The van der Waals surface area contributed by atoms with Crippen LogP contribution in [0, 0.1) is 22.7 Å². The van der Waals surface area contributed by atoms with Gasteiger partial charge in [0.2, 0.25) is 0 Å². The Labute approximate surface area is 421 Å². The summed E-state index contributed by atoms with van der Waals surface area (Å²) in [7, 11) is 11.0. The van der Waals surface area contributed by atoms with E-state index < -0.39 is 20.8 Å². The van der Waals surface area contributed by atoms with Gasteiger partial charge in [-0.2, -0.15) is 12.1 Å². The van der Waals surface area contributed by atoms with Crippen molar-refractivity contribution >= 4 is 48.1 Å². The smallest absolute Gasteiger partial charge is 0.0162 e. The second-order valence-corrected chi connectivity index (χ2v) is 27.0. The number of hydrogen-bond acceptors (Lipinski definition) is 0. The zero-order valence-electron chi connectivity index (χ0n) is 40.4. The van der Waals surface area contributed by atoms with Gasteiger partial charge in [0.25, 0.3) is 0 Å². The first-order valence-electron chi connectivity index (χ1n) is 26.6. The van der Waals surface area contributed by atoms with Gasteiger partial charge in [-0.1, -0.05) is 136 Å². The van der Waals surface area contributed by atoms with E-state index in [-0.39, 0.29) is 0 Å². The van der Waals surface area contributed by atoms with E-state index in [1.165, 1.54) is 198 Å². The van der Waals surface area contributed by atoms with E-state index in [1.54, 1.807) is 22.3 Å². The van der Waals surface area contributed by atoms with Gasteiger partial charge < -0.3 is 0 Å². The zero-order valence-corrected chi connectivity index (χ0v) is 45.4. The van der Waals surface area contributed by atoms with Gasteiger partial charge in [-0.05, 0) is 159 Å². The second kappa shape index (κ2) is 23.1. The van der Waals surface area contributed by atoms with Gasteiger partial charge >= 0.3 is 37.9 Å². The number of benzene rings is 4. The Morgan fingerprint density at radius 3 is 1.26 bits per heavy atom. The first-order chi connectivity index (χ1) is 32.4. The van der Waals surface area contributed by atoms with Crippen LogP contribution in [0.2, 0.25) is 12.6 Å². The third kappa shape index (κ3) is 11.7. The molecule has 0 aliphatic heterocycles. The molecule has 0 atom stereocenters. The predicted octanol–water partition coefficient (Wildman–Crippen LogP) is 19.7. The summed E-state index contributed by atoms with van der Waals surface area (Å²) < 4.78 is 0. The van der Waals surface area contributed by atoms with Gasteiger partial charge in [0.05, 0.1) is 0 Å². The molecule has 0 N–H and O–H groups in total. The summed E-state index contributed by atoms with van der Waals surface area (Å²) in [6, 6.07) is 44.3. The van der Waals surface area contributed by atoms with Gasteiger partial charge in [0.1, 0.15) is 0 Å². The van der Waals surface area contributed by atoms with Gasteiger partial charge in [-0.25, -0.2) is 0 Å². The summed E-state index contributed by atoms with van der Waals surface area (Å²) in [4.78, 5) is 0. The summed E-state index contributed by atoms with van der Waals surface area (Å²) in [6.07, 6.45) is 32.8. The topological polar surface area (TPSA) is 0 Å². The molecule has 6 fully saturated rings. The van der Waals surface area contributed by atoms with Crippen LogP contribution in [0.1, 0.15) is 176 Å². The first kappa shape index (κ1) is 48.8. The normalized spacial score (nSPS) is 24.6. The molecule has 0 heterocycles. The maximum atomic E-state index is 4.93. The number of rotatable bonds is 10. The van der Waals surface area contributed by atoms with E-state index in [0.29, 0.717) is 10.8 Å². The summed E-state index contributed by atoms with van der Waals surface area (Å²) >= 11 is -0.826. The maximum absolute atomic E-state index is 4.93.